The van der Waals surface area contributed by atoms with E-state index in [2.05, 4.69) is 0 Å². The van der Waals surface area contributed by atoms with Crippen molar-refractivity contribution in [1.29, 1.82) is 0 Å². The smallest absolute Gasteiger partial charge is 0.343 e. The number of esters is 1. The van der Waals surface area contributed by atoms with Gasteiger partial charge in [0.25, 0.3) is 5.91 Å². The molecule has 1 heterocycles. The molecule has 3 aromatic carbocycles. The second-order valence-corrected chi connectivity index (χ2v) is 9.35. The Morgan fingerprint density at radius 3 is 2.24 bits per heavy atom. The van der Waals surface area contributed by atoms with Gasteiger partial charge in [-0.25, -0.2) is 4.79 Å². The summed E-state index contributed by atoms with van der Waals surface area (Å²) in [5, 5.41) is 1.10. The molecular formula is C24H15Cl2NO4S2. The molecule has 0 N–H and O–H groups in total. The van der Waals surface area contributed by atoms with E-state index in [0.29, 0.717) is 41.8 Å². The van der Waals surface area contributed by atoms with Crippen LogP contribution in [-0.4, -0.2) is 23.3 Å². The summed E-state index contributed by atoms with van der Waals surface area (Å²) in [5.74, 6) is -0.173. The normalized spacial score (nSPS) is 14.6. The zero-order valence-electron chi connectivity index (χ0n) is 17.1. The Morgan fingerprint density at radius 1 is 0.970 bits per heavy atom. The van der Waals surface area contributed by atoms with Crippen molar-refractivity contribution in [3.63, 3.8) is 0 Å². The number of hydrogen-bond acceptors (Lipinski definition) is 6. The average Bonchev–Trinajstić information content (AvgIpc) is 3.08. The van der Waals surface area contributed by atoms with Crippen LogP contribution in [0.25, 0.3) is 6.08 Å². The monoisotopic (exact) mass is 515 g/mol. The van der Waals surface area contributed by atoms with Crippen LogP contribution in [0, 0.1) is 0 Å². The molecule has 1 fully saturated rings. The molecule has 0 atom stereocenters. The third-order valence-electron chi connectivity index (χ3n) is 4.65. The summed E-state index contributed by atoms with van der Waals surface area (Å²) in [6.45, 7) is 0. The third kappa shape index (κ3) is 5.23. The van der Waals surface area contributed by atoms with Gasteiger partial charge in [-0.1, -0.05) is 53.2 Å². The maximum absolute atomic E-state index is 13.0. The van der Waals surface area contributed by atoms with Crippen molar-refractivity contribution in [2.75, 3.05) is 12.0 Å². The summed E-state index contributed by atoms with van der Waals surface area (Å²) in [6.07, 6.45) is 1.71. The van der Waals surface area contributed by atoms with Crippen molar-refractivity contribution in [3.8, 4) is 11.5 Å². The van der Waals surface area contributed by atoms with Gasteiger partial charge in [0.2, 0.25) is 0 Å². The number of thioether (sulfide) groups is 1. The minimum Gasteiger partial charge on any atom is -0.493 e. The first kappa shape index (κ1) is 23.3. The van der Waals surface area contributed by atoms with Crippen LogP contribution < -0.4 is 14.4 Å². The predicted octanol–water partition coefficient (Wildman–Crippen LogP) is 6.63. The number of amides is 1. The zero-order chi connectivity index (χ0) is 23.5. The highest BCUT2D eigenvalue weighted by Gasteiger charge is 2.33. The molecule has 0 bridgehead atoms. The van der Waals surface area contributed by atoms with Gasteiger partial charge < -0.3 is 9.47 Å². The minimum absolute atomic E-state index is 0.232. The molecule has 1 saturated heterocycles. The van der Waals surface area contributed by atoms with Crippen LogP contribution in [0.2, 0.25) is 10.0 Å². The van der Waals surface area contributed by atoms with E-state index in [0.717, 1.165) is 0 Å². The summed E-state index contributed by atoms with van der Waals surface area (Å²) in [6, 6.07) is 18.3. The molecule has 0 radical (unpaired) electrons. The van der Waals surface area contributed by atoms with Gasteiger partial charge in [0, 0.05) is 10.0 Å². The lowest BCUT2D eigenvalue weighted by molar-refractivity contribution is -0.113. The summed E-state index contributed by atoms with van der Waals surface area (Å²) >= 11 is 18.4. The summed E-state index contributed by atoms with van der Waals surface area (Å²) in [7, 11) is 1.47. The number of carbonyl (C=O) groups is 2. The number of thiocarbonyl (C=S) groups is 1. The summed E-state index contributed by atoms with van der Waals surface area (Å²) in [5.41, 5.74) is 1.69. The topological polar surface area (TPSA) is 55.8 Å². The van der Waals surface area contributed by atoms with Crippen molar-refractivity contribution < 1.29 is 19.1 Å². The van der Waals surface area contributed by atoms with E-state index in [1.54, 1.807) is 72.8 Å². The average molecular weight is 516 g/mol. The van der Waals surface area contributed by atoms with Crippen molar-refractivity contribution in [3.05, 3.63) is 92.8 Å². The first-order valence-corrected chi connectivity index (χ1v) is 11.5. The Morgan fingerprint density at radius 2 is 1.61 bits per heavy atom. The number of anilines is 1. The zero-order valence-corrected chi connectivity index (χ0v) is 20.2. The Hall–Kier alpha value is -2.84. The minimum atomic E-state index is -0.540. The lowest BCUT2D eigenvalue weighted by Gasteiger charge is -2.14. The van der Waals surface area contributed by atoms with Crippen molar-refractivity contribution in [2.24, 2.45) is 0 Å². The molecule has 5 nitrogen and oxygen atoms in total. The van der Waals surface area contributed by atoms with Crippen molar-refractivity contribution in [1.82, 2.24) is 0 Å². The van der Waals surface area contributed by atoms with Gasteiger partial charge in [0.1, 0.15) is 0 Å². The molecule has 1 aliphatic rings. The highest BCUT2D eigenvalue weighted by Crippen LogP contribution is 2.37. The van der Waals surface area contributed by atoms with Crippen LogP contribution in [0.1, 0.15) is 15.9 Å². The van der Waals surface area contributed by atoms with Crippen LogP contribution in [0.4, 0.5) is 5.69 Å². The van der Waals surface area contributed by atoms with Crippen molar-refractivity contribution >= 4 is 75.1 Å². The number of benzene rings is 3. The molecule has 0 aromatic heterocycles. The molecular weight excluding hydrogens is 501 g/mol. The number of ether oxygens (including phenoxy) is 2. The van der Waals surface area contributed by atoms with Gasteiger partial charge in [0.15, 0.2) is 15.8 Å². The Balaban J connectivity index is 1.55. The number of hydrogen-bond donors (Lipinski definition) is 0. The first-order chi connectivity index (χ1) is 15.9. The largest absolute Gasteiger partial charge is 0.493 e. The van der Waals surface area contributed by atoms with Gasteiger partial charge in [-0.15, -0.1) is 0 Å². The molecule has 0 aliphatic carbocycles. The summed E-state index contributed by atoms with van der Waals surface area (Å²) < 4.78 is 11.3. The lowest BCUT2D eigenvalue weighted by Crippen LogP contribution is -2.27. The van der Waals surface area contributed by atoms with Crippen LogP contribution in [-0.2, 0) is 4.79 Å². The molecule has 1 amide bonds. The molecule has 33 heavy (non-hydrogen) atoms. The highest BCUT2D eigenvalue weighted by molar-refractivity contribution is 8.27. The highest BCUT2D eigenvalue weighted by atomic mass is 35.5. The Labute approximate surface area is 209 Å². The maximum Gasteiger partial charge on any atom is 0.343 e. The van der Waals surface area contributed by atoms with Crippen LogP contribution >= 0.6 is 47.2 Å². The molecule has 4 rings (SSSR count). The van der Waals surface area contributed by atoms with E-state index in [1.807, 2.05) is 0 Å². The van der Waals surface area contributed by atoms with Crippen LogP contribution in [0.3, 0.4) is 0 Å². The van der Waals surface area contributed by atoms with Crippen LogP contribution in [0.5, 0.6) is 11.5 Å². The number of rotatable bonds is 5. The molecule has 1 aliphatic heterocycles. The fraction of sp³-hybridized carbons (Fsp3) is 0.0417. The van der Waals surface area contributed by atoms with E-state index in [9.17, 15) is 9.59 Å². The number of nitrogens with zero attached hydrogens (tertiary/aromatic N) is 1. The van der Waals surface area contributed by atoms with Gasteiger partial charge >= 0.3 is 5.97 Å². The molecule has 0 unspecified atom stereocenters. The number of methoxy groups -OCH3 is 1. The third-order valence-corrected chi connectivity index (χ3v) is 6.45. The van der Waals surface area contributed by atoms with Crippen LogP contribution in [0.15, 0.2) is 71.6 Å². The second kappa shape index (κ2) is 9.97. The molecule has 166 valence electrons. The molecule has 0 spiro atoms. The standard InChI is InChI=1S/C24H15Cl2NO4S2/c1-30-20-12-14(2-11-19(20)31-23(29)15-3-5-16(25)6-4-15)13-21-22(28)27(24(32)33-21)18-9-7-17(26)8-10-18/h2-13H,1H3/b21-13+. The molecule has 3 aromatic rings. The van der Waals surface area contributed by atoms with E-state index in [1.165, 1.54) is 23.8 Å². The molecule has 9 heteroatoms. The summed E-state index contributed by atoms with van der Waals surface area (Å²) in [4.78, 5) is 27.3. The SMILES string of the molecule is COc1cc(/C=C2/SC(=S)N(c3ccc(Cl)cc3)C2=O)ccc1OC(=O)c1ccc(Cl)cc1. The van der Waals surface area contributed by atoms with E-state index in [4.69, 9.17) is 44.9 Å². The molecule has 0 saturated carbocycles. The fourth-order valence-electron chi connectivity index (χ4n) is 3.03. The van der Waals surface area contributed by atoms with Gasteiger partial charge in [-0.3, -0.25) is 9.69 Å². The Bertz CT molecular complexity index is 1270. The van der Waals surface area contributed by atoms with Crippen molar-refractivity contribution in [2.45, 2.75) is 0 Å². The predicted molar refractivity (Wildman–Crippen MR) is 137 cm³/mol. The van der Waals surface area contributed by atoms with Gasteiger partial charge in [0.05, 0.1) is 23.3 Å². The Kier molecular flexibility index (Phi) is 7.05. The fourth-order valence-corrected chi connectivity index (χ4v) is 4.59. The second-order valence-electron chi connectivity index (χ2n) is 6.80. The number of halogens is 2. The maximum atomic E-state index is 13.0. The quantitative estimate of drug-likeness (QED) is 0.164. The van der Waals surface area contributed by atoms with E-state index in [-0.39, 0.29) is 11.7 Å². The van der Waals surface area contributed by atoms with E-state index < -0.39 is 5.97 Å². The number of carbonyl (C=O) groups excluding carboxylic acids is 2. The van der Waals surface area contributed by atoms with Gasteiger partial charge in [-0.2, -0.15) is 0 Å². The first-order valence-electron chi connectivity index (χ1n) is 9.55. The lowest BCUT2D eigenvalue weighted by atomic mass is 10.1. The van der Waals surface area contributed by atoms with E-state index >= 15 is 0 Å². The van der Waals surface area contributed by atoms with Gasteiger partial charge in [-0.05, 0) is 72.3 Å².